The van der Waals surface area contributed by atoms with Crippen LogP contribution in [0.5, 0.6) is 0 Å². The standard InChI is InChI=1S/C16H15F3N4OS/c1-3-23-13(8-10(2)22-23)14-20-21-15(24-14)25-9-11-4-6-12(7-5-11)16(17,18)19/h4-8H,3,9H2,1-2H3. The molecule has 2 aromatic heterocycles. The molecule has 5 nitrogen and oxygen atoms in total. The van der Waals surface area contributed by atoms with Crippen LogP contribution in [0.25, 0.3) is 11.6 Å². The van der Waals surface area contributed by atoms with Crippen LogP contribution in [0.15, 0.2) is 40.0 Å². The van der Waals surface area contributed by atoms with E-state index in [-0.39, 0.29) is 0 Å². The zero-order valence-electron chi connectivity index (χ0n) is 13.5. The second-order valence-corrected chi connectivity index (χ2v) is 6.27. The van der Waals surface area contributed by atoms with Gasteiger partial charge in [0.2, 0.25) is 0 Å². The summed E-state index contributed by atoms with van der Waals surface area (Å²) in [5.74, 6) is 0.809. The van der Waals surface area contributed by atoms with Crippen molar-refractivity contribution in [1.29, 1.82) is 0 Å². The fourth-order valence-corrected chi connectivity index (χ4v) is 2.98. The van der Waals surface area contributed by atoms with Crippen LogP contribution in [0.3, 0.4) is 0 Å². The molecule has 0 amide bonds. The second-order valence-electron chi connectivity index (χ2n) is 5.34. The topological polar surface area (TPSA) is 56.7 Å². The highest BCUT2D eigenvalue weighted by molar-refractivity contribution is 7.98. The largest absolute Gasteiger partial charge is 0.416 e. The Labute approximate surface area is 146 Å². The van der Waals surface area contributed by atoms with E-state index in [2.05, 4.69) is 15.3 Å². The minimum Gasteiger partial charge on any atom is -0.410 e. The summed E-state index contributed by atoms with van der Waals surface area (Å²) >= 11 is 1.27. The predicted molar refractivity (Wildman–Crippen MR) is 86.9 cm³/mol. The Morgan fingerprint density at radius 1 is 1.16 bits per heavy atom. The summed E-state index contributed by atoms with van der Waals surface area (Å²) in [7, 11) is 0. The molecule has 0 aliphatic carbocycles. The molecule has 0 radical (unpaired) electrons. The van der Waals surface area contributed by atoms with Gasteiger partial charge in [-0.15, -0.1) is 10.2 Å². The normalized spacial score (nSPS) is 11.9. The van der Waals surface area contributed by atoms with E-state index in [9.17, 15) is 13.2 Å². The van der Waals surface area contributed by atoms with Gasteiger partial charge in [0.05, 0.1) is 11.3 Å². The molecule has 0 saturated carbocycles. The highest BCUT2D eigenvalue weighted by Gasteiger charge is 2.29. The molecule has 0 bridgehead atoms. The molecule has 3 rings (SSSR count). The van der Waals surface area contributed by atoms with Gasteiger partial charge in [-0.25, -0.2) is 0 Å². The van der Waals surface area contributed by atoms with Crippen molar-refractivity contribution in [1.82, 2.24) is 20.0 Å². The smallest absolute Gasteiger partial charge is 0.410 e. The Morgan fingerprint density at radius 3 is 2.52 bits per heavy atom. The zero-order valence-corrected chi connectivity index (χ0v) is 14.4. The lowest BCUT2D eigenvalue weighted by atomic mass is 10.1. The number of benzene rings is 1. The average molecular weight is 368 g/mol. The number of hydrogen-bond acceptors (Lipinski definition) is 5. The molecule has 132 valence electrons. The first-order valence-electron chi connectivity index (χ1n) is 7.54. The van der Waals surface area contributed by atoms with Crippen molar-refractivity contribution in [2.75, 3.05) is 0 Å². The molecule has 0 spiro atoms. The van der Waals surface area contributed by atoms with Crippen molar-refractivity contribution >= 4 is 11.8 Å². The van der Waals surface area contributed by atoms with Gasteiger partial charge in [0.1, 0.15) is 5.69 Å². The number of nitrogens with zero attached hydrogens (tertiary/aromatic N) is 4. The van der Waals surface area contributed by atoms with E-state index in [4.69, 9.17) is 4.42 Å². The molecule has 9 heteroatoms. The van der Waals surface area contributed by atoms with E-state index in [1.54, 1.807) is 4.68 Å². The molecule has 0 N–H and O–H groups in total. The van der Waals surface area contributed by atoms with E-state index in [0.717, 1.165) is 29.1 Å². The first-order valence-corrected chi connectivity index (χ1v) is 8.52. The monoisotopic (exact) mass is 368 g/mol. The van der Waals surface area contributed by atoms with Crippen LogP contribution in [0.2, 0.25) is 0 Å². The molecular weight excluding hydrogens is 353 g/mol. The summed E-state index contributed by atoms with van der Waals surface area (Å²) in [5.41, 5.74) is 1.68. The molecule has 0 atom stereocenters. The summed E-state index contributed by atoms with van der Waals surface area (Å²) in [6, 6.07) is 6.89. The maximum absolute atomic E-state index is 12.6. The molecule has 0 unspecified atom stereocenters. The van der Waals surface area contributed by atoms with Gasteiger partial charge >= 0.3 is 6.18 Å². The summed E-state index contributed by atoms with van der Waals surface area (Å²) in [6.45, 7) is 4.53. The fourth-order valence-electron chi connectivity index (χ4n) is 2.27. The molecule has 0 aliphatic rings. The molecule has 0 saturated heterocycles. The number of rotatable bonds is 5. The van der Waals surface area contributed by atoms with Gasteiger partial charge in [-0.05, 0) is 37.6 Å². The van der Waals surface area contributed by atoms with E-state index in [1.165, 1.54) is 23.9 Å². The number of halogens is 3. The van der Waals surface area contributed by atoms with Crippen LogP contribution < -0.4 is 0 Å². The zero-order chi connectivity index (χ0) is 18.0. The van der Waals surface area contributed by atoms with Crippen molar-refractivity contribution in [2.24, 2.45) is 0 Å². The van der Waals surface area contributed by atoms with Gasteiger partial charge in [0, 0.05) is 12.3 Å². The Morgan fingerprint density at radius 2 is 1.88 bits per heavy atom. The predicted octanol–water partition coefficient (Wildman–Crippen LogP) is 4.57. The van der Waals surface area contributed by atoms with Crippen LogP contribution in [-0.4, -0.2) is 20.0 Å². The van der Waals surface area contributed by atoms with Crippen LogP contribution in [-0.2, 0) is 18.5 Å². The average Bonchev–Trinajstić information content (AvgIpc) is 3.18. The molecule has 0 aliphatic heterocycles. The lowest BCUT2D eigenvalue weighted by molar-refractivity contribution is -0.137. The first-order chi connectivity index (χ1) is 11.9. The van der Waals surface area contributed by atoms with Crippen molar-refractivity contribution in [3.05, 3.63) is 47.2 Å². The Bertz CT molecular complexity index is 855. The van der Waals surface area contributed by atoms with Crippen molar-refractivity contribution < 1.29 is 17.6 Å². The van der Waals surface area contributed by atoms with E-state index < -0.39 is 11.7 Å². The molecular formula is C16H15F3N4OS. The van der Waals surface area contributed by atoms with Crippen LogP contribution in [0.1, 0.15) is 23.7 Å². The van der Waals surface area contributed by atoms with E-state index >= 15 is 0 Å². The summed E-state index contributed by atoms with van der Waals surface area (Å²) < 4.78 is 45.1. The van der Waals surface area contributed by atoms with E-state index in [0.29, 0.717) is 23.4 Å². The Hall–Kier alpha value is -2.29. The van der Waals surface area contributed by atoms with Crippen molar-refractivity contribution in [2.45, 2.75) is 37.5 Å². The van der Waals surface area contributed by atoms with Crippen molar-refractivity contribution in [3.63, 3.8) is 0 Å². The fraction of sp³-hybridized carbons (Fsp3) is 0.312. The quantitative estimate of drug-likeness (QED) is 0.618. The number of aryl methyl sites for hydroxylation is 2. The summed E-state index contributed by atoms with van der Waals surface area (Å²) in [5, 5.41) is 12.7. The van der Waals surface area contributed by atoms with Gasteiger partial charge < -0.3 is 4.42 Å². The minimum atomic E-state index is -4.33. The second kappa shape index (κ2) is 6.91. The Balaban J connectivity index is 1.68. The van der Waals surface area contributed by atoms with Crippen LogP contribution in [0, 0.1) is 6.92 Å². The van der Waals surface area contributed by atoms with Crippen molar-refractivity contribution in [3.8, 4) is 11.6 Å². The molecule has 3 aromatic rings. The minimum absolute atomic E-state index is 0.358. The summed E-state index contributed by atoms with van der Waals surface area (Å²) in [4.78, 5) is 0. The van der Waals surface area contributed by atoms with Gasteiger partial charge in [0.15, 0.2) is 0 Å². The molecule has 25 heavy (non-hydrogen) atoms. The van der Waals surface area contributed by atoms with Gasteiger partial charge in [-0.3, -0.25) is 4.68 Å². The third kappa shape index (κ3) is 4.04. The third-order valence-electron chi connectivity index (χ3n) is 3.47. The highest BCUT2D eigenvalue weighted by Crippen LogP contribution is 2.30. The highest BCUT2D eigenvalue weighted by atomic mass is 32.2. The number of thioether (sulfide) groups is 1. The third-order valence-corrected chi connectivity index (χ3v) is 4.36. The molecule has 2 heterocycles. The maximum Gasteiger partial charge on any atom is 0.416 e. The Kier molecular flexibility index (Phi) is 4.85. The van der Waals surface area contributed by atoms with Crippen LogP contribution in [0.4, 0.5) is 13.2 Å². The number of alkyl halides is 3. The van der Waals surface area contributed by atoms with Gasteiger partial charge in [-0.2, -0.15) is 18.3 Å². The maximum atomic E-state index is 12.6. The SMILES string of the molecule is CCn1nc(C)cc1-c1nnc(SCc2ccc(C(F)(F)F)cc2)o1. The van der Waals surface area contributed by atoms with Gasteiger partial charge in [-0.1, -0.05) is 23.9 Å². The summed E-state index contributed by atoms with van der Waals surface area (Å²) in [6.07, 6.45) is -4.33. The van der Waals surface area contributed by atoms with Gasteiger partial charge in [0.25, 0.3) is 11.1 Å². The van der Waals surface area contributed by atoms with Crippen LogP contribution >= 0.6 is 11.8 Å². The lowest BCUT2D eigenvalue weighted by Crippen LogP contribution is -2.04. The molecule has 1 aromatic carbocycles. The van der Waals surface area contributed by atoms with E-state index in [1.807, 2.05) is 19.9 Å². The lowest BCUT2D eigenvalue weighted by Gasteiger charge is -2.06. The molecule has 0 fully saturated rings. The number of aromatic nitrogens is 4. The number of hydrogen-bond donors (Lipinski definition) is 0. The first kappa shape index (κ1) is 17.5.